The van der Waals surface area contributed by atoms with Crippen molar-refractivity contribution >= 4 is 63.5 Å². The molecule has 15 heteroatoms. The Morgan fingerprint density at radius 1 is 1.50 bits per heavy atom. The zero-order valence-corrected chi connectivity index (χ0v) is 20.1. The topological polar surface area (TPSA) is 164 Å². The second-order valence-corrected chi connectivity index (χ2v) is 9.45. The van der Waals surface area contributed by atoms with Crippen LogP contribution in [0.4, 0.5) is 5.13 Å². The summed E-state index contributed by atoms with van der Waals surface area (Å²) in [5.41, 5.74) is 5.83. The average molecular weight is 525 g/mol. The van der Waals surface area contributed by atoms with Crippen LogP contribution >= 0.6 is 34.9 Å². The number of anilines is 1. The van der Waals surface area contributed by atoms with Crippen molar-refractivity contribution in [3.8, 4) is 0 Å². The van der Waals surface area contributed by atoms with Crippen LogP contribution in [0.25, 0.3) is 0 Å². The largest absolute Gasteiger partial charge is 0.477 e. The molecule has 4 N–H and O–H groups in total. The molecule has 34 heavy (non-hydrogen) atoms. The number of aliphatic carboxylic acids is 1. The van der Waals surface area contributed by atoms with E-state index in [0.29, 0.717) is 16.3 Å². The number of carbonyl (C=O) groups is 3. The van der Waals surface area contributed by atoms with Crippen LogP contribution in [0.15, 0.2) is 41.0 Å². The molecule has 2 aliphatic rings. The molecule has 0 saturated carbocycles. The number of carboxylic acid groups (broad SMARTS) is 1. The first-order chi connectivity index (χ1) is 16.3. The summed E-state index contributed by atoms with van der Waals surface area (Å²) in [4.78, 5) is 48.0. The quantitative estimate of drug-likeness (QED) is 0.190. The fraction of sp³-hybridized carbons (Fsp3) is 0.316. The van der Waals surface area contributed by atoms with Gasteiger partial charge in [-0.15, -0.1) is 11.8 Å². The van der Waals surface area contributed by atoms with Gasteiger partial charge in [-0.1, -0.05) is 16.8 Å². The number of carbonyl (C=O) groups excluding carboxylic acids is 2. The number of hydrogen-bond acceptors (Lipinski definition) is 10. The number of thioether (sulfide) groups is 1. The Labute approximate surface area is 206 Å². The first kappa shape index (κ1) is 23.9. The van der Waals surface area contributed by atoms with E-state index in [0.717, 1.165) is 11.5 Å². The predicted molar refractivity (Wildman–Crippen MR) is 124 cm³/mol. The van der Waals surface area contributed by atoms with E-state index in [-0.39, 0.29) is 35.5 Å². The minimum absolute atomic E-state index is 0.0275. The number of hydrogen-bond donors (Lipinski definition) is 3. The highest BCUT2D eigenvalue weighted by atomic mass is 35.5. The summed E-state index contributed by atoms with van der Waals surface area (Å²) in [5.74, 6) is -2.17. The van der Waals surface area contributed by atoms with Crippen molar-refractivity contribution in [2.45, 2.75) is 24.9 Å². The highest BCUT2D eigenvalue weighted by Crippen LogP contribution is 2.40. The fourth-order valence-electron chi connectivity index (χ4n) is 3.47. The Kier molecular flexibility index (Phi) is 7.00. The number of β-lactam (4-membered cyclic amide) rings is 1. The maximum Gasteiger partial charge on any atom is 0.352 e. The van der Waals surface area contributed by atoms with Gasteiger partial charge in [0.15, 0.2) is 24.1 Å². The van der Waals surface area contributed by atoms with Crippen molar-refractivity contribution < 1.29 is 28.9 Å². The molecule has 1 fully saturated rings. The molecular weight excluding hydrogens is 506 g/mol. The summed E-state index contributed by atoms with van der Waals surface area (Å²) in [6.45, 7) is 2.14. The highest BCUT2D eigenvalue weighted by Gasteiger charge is 2.54. The van der Waals surface area contributed by atoms with Gasteiger partial charge in [0, 0.05) is 28.9 Å². The molecule has 0 aliphatic carbocycles. The summed E-state index contributed by atoms with van der Waals surface area (Å²) in [6, 6.07) is 2.51. The van der Waals surface area contributed by atoms with Gasteiger partial charge >= 0.3 is 5.97 Å². The van der Waals surface area contributed by atoms with E-state index in [1.807, 2.05) is 0 Å². The summed E-state index contributed by atoms with van der Waals surface area (Å²) >= 11 is 8.26. The zero-order chi connectivity index (χ0) is 24.4. The highest BCUT2D eigenvalue weighted by molar-refractivity contribution is 8.00. The van der Waals surface area contributed by atoms with E-state index in [1.54, 1.807) is 36.0 Å². The van der Waals surface area contributed by atoms with Gasteiger partial charge in [0.05, 0.1) is 0 Å². The Morgan fingerprint density at radius 3 is 2.94 bits per heavy atom. The van der Waals surface area contributed by atoms with E-state index in [4.69, 9.17) is 22.2 Å². The molecule has 2 atom stereocenters. The Hall–Kier alpha value is -3.23. The third-order valence-corrected chi connectivity index (χ3v) is 6.99. The van der Waals surface area contributed by atoms with Crippen molar-refractivity contribution in [1.29, 1.82) is 0 Å². The van der Waals surface area contributed by atoms with Crippen molar-refractivity contribution in [1.82, 2.24) is 19.6 Å². The molecule has 1 unspecified atom stereocenters. The van der Waals surface area contributed by atoms with Crippen LogP contribution in [-0.4, -0.2) is 66.6 Å². The van der Waals surface area contributed by atoms with Crippen LogP contribution in [-0.2, 0) is 25.8 Å². The SMILES string of the molecule is CCON=C(C(=O)NC1C(=O)N2C(C(=O)O)=C(C[n+]3cccc(Cl)c3)CS[C@@H]12)c1nsc(N)n1. The Morgan fingerprint density at radius 2 is 2.29 bits per heavy atom. The molecule has 2 aromatic heterocycles. The lowest BCUT2D eigenvalue weighted by Gasteiger charge is -2.49. The molecule has 0 bridgehead atoms. The summed E-state index contributed by atoms with van der Waals surface area (Å²) in [7, 11) is 0. The number of nitrogens with two attached hydrogens (primary N) is 1. The van der Waals surface area contributed by atoms with E-state index < -0.39 is 29.2 Å². The van der Waals surface area contributed by atoms with E-state index in [2.05, 4.69) is 19.8 Å². The molecule has 4 heterocycles. The third kappa shape index (κ3) is 4.69. The van der Waals surface area contributed by atoms with Crippen molar-refractivity contribution in [2.24, 2.45) is 5.16 Å². The second kappa shape index (κ2) is 9.95. The van der Waals surface area contributed by atoms with E-state index in [9.17, 15) is 19.5 Å². The first-order valence-electron chi connectivity index (χ1n) is 9.95. The maximum atomic E-state index is 12.9. The van der Waals surface area contributed by atoms with Crippen molar-refractivity contribution in [2.75, 3.05) is 18.1 Å². The van der Waals surface area contributed by atoms with Gasteiger partial charge < -0.3 is 21.0 Å². The summed E-state index contributed by atoms with van der Waals surface area (Å²) < 4.78 is 5.71. The van der Waals surface area contributed by atoms with Crippen LogP contribution < -0.4 is 15.6 Å². The van der Waals surface area contributed by atoms with Crippen LogP contribution in [0.1, 0.15) is 12.7 Å². The molecule has 12 nitrogen and oxygen atoms in total. The normalized spacial score (nSPS) is 20.0. The van der Waals surface area contributed by atoms with Gasteiger partial charge in [0.2, 0.25) is 11.5 Å². The predicted octanol–water partition coefficient (Wildman–Crippen LogP) is 0.241. The molecule has 4 rings (SSSR count). The molecule has 2 amide bonds. The average Bonchev–Trinajstić information content (AvgIpc) is 3.23. The Balaban J connectivity index is 1.53. The fourth-order valence-corrected chi connectivity index (χ4v) is 5.44. The van der Waals surface area contributed by atoms with Crippen molar-refractivity contribution in [3.05, 3.63) is 46.6 Å². The maximum absolute atomic E-state index is 12.9. The first-order valence-corrected chi connectivity index (χ1v) is 12.1. The van der Waals surface area contributed by atoms with Gasteiger partial charge in [-0.25, -0.2) is 4.79 Å². The number of amides is 2. The number of nitrogens with zero attached hydrogens (tertiary/aromatic N) is 5. The molecule has 0 radical (unpaired) electrons. The minimum atomic E-state index is -1.22. The smallest absolute Gasteiger partial charge is 0.352 e. The van der Waals surface area contributed by atoms with Gasteiger partial charge in [-0.3, -0.25) is 14.5 Å². The van der Waals surface area contributed by atoms with E-state index >= 15 is 0 Å². The monoisotopic (exact) mass is 524 g/mol. The number of oxime groups is 1. The third-order valence-electron chi connectivity index (χ3n) is 4.89. The van der Waals surface area contributed by atoms with Crippen molar-refractivity contribution in [3.63, 3.8) is 0 Å². The summed E-state index contributed by atoms with van der Waals surface area (Å²) in [5, 5.41) is 16.3. The molecule has 2 aromatic rings. The summed E-state index contributed by atoms with van der Waals surface area (Å²) in [6.07, 6.45) is 3.43. The molecule has 0 spiro atoms. The van der Waals surface area contributed by atoms with Gasteiger partial charge in [-0.05, 0) is 13.0 Å². The molecular formula is C19H19ClN7O5S2+. The number of rotatable bonds is 8. The van der Waals surface area contributed by atoms with Gasteiger partial charge in [0.1, 0.15) is 28.7 Å². The number of fused-ring (bicyclic) bond motifs is 1. The number of halogens is 1. The lowest BCUT2D eigenvalue weighted by atomic mass is 10.0. The molecule has 2 aliphatic heterocycles. The number of nitrogen functional groups attached to an aromatic ring is 1. The minimum Gasteiger partial charge on any atom is -0.477 e. The number of nitrogens with one attached hydrogen (secondary N) is 1. The number of pyridine rings is 1. The standard InChI is InChI=1S/C19H18ClN7O5S2/c1-2-32-24-11(14-23-19(21)34-25-14)15(28)22-12-16(29)27-13(18(30)31)9(8-33-17(12)27)6-26-5-3-4-10(20)7-26/h3-5,7,12,17H,2,6,8H2,1H3,(H3-,21,22,23,25,28,30,31)/p+1/t12?,17-/m0/s1. The van der Waals surface area contributed by atoms with Crippen LogP contribution in [0.5, 0.6) is 0 Å². The molecule has 0 aromatic carbocycles. The number of aromatic nitrogens is 3. The molecule has 178 valence electrons. The van der Waals surface area contributed by atoms with Gasteiger partial charge in [0.25, 0.3) is 11.8 Å². The van der Waals surface area contributed by atoms with Crippen LogP contribution in [0.3, 0.4) is 0 Å². The second-order valence-electron chi connectivity index (χ2n) is 7.13. The van der Waals surface area contributed by atoms with Crippen LogP contribution in [0, 0.1) is 0 Å². The molecule has 1 saturated heterocycles. The van der Waals surface area contributed by atoms with Crippen LogP contribution in [0.2, 0.25) is 5.02 Å². The number of carboxylic acids is 1. The zero-order valence-electron chi connectivity index (χ0n) is 17.7. The van der Waals surface area contributed by atoms with E-state index in [1.165, 1.54) is 16.7 Å². The van der Waals surface area contributed by atoms with Gasteiger partial charge in [-0.2, -0.15) is 13.9 Å². The lowest BCUT2D eigenvalue weighted by Crippen LogP contribution is -2.71. The lowest BCUT2D eigenvalue weighted by molar-refractivity contribution is -0.689. The Bertz CT molecular complexity index is 1220.